The highest BCUT2D eigenvalue weighted by molar-refractivity contribution is 7.89. The van der Waals surface area contributed by atoms with Gasteiger partial charge in [0.05, 0.1) is 16.1 Å². The number of aryl methyl sites for hydroxylation is 1. The maximum Gasteiger partial charge on any atom is 0.280 e. The van der Waals surface area contributed by atoms with Crippen molar-refractivity contribution in [3.05, 3.63) is 81.8 Å². The molecular formula is C22H26N4O3S. The summed E-state index contributed by atoms with van der Waals surface area (Å²) in [5, 5.41) is 8.36. The second-order valence-electron chi connectivity index (χ2n) is 7.10. The molecule has 0 fully saturated rings. The van der Waals surface area contributed by atoms with E-state index in [0.717, 1.165) is 29.8 Å². The van der Waals surface area contributed by atoms with Gasteiger partial charge in [0, 0.05) is 18.0 Å². The highest BCUT2D eigenvalue weighted by Gasteiger charge is 2.17. The summed E-state index contributed by atoms with van der Waals surface area (Å²) in [6.45, 7) is 4.41. The van der Waals surface area contributed by atoms with Crippen molar-refractivity contribution in [2.24, 2.45) is 10.1 Å². The molecule has 30 heavy (non-hydrogen) atoms. The number of sulfonamides is 1. The van der Waals surface area contributed by atoms with Crippen molar-refractivity contribution in [2.75, 3.05) is 6.54 Å². The van der Waals surface area contributed by atoms with Crippen LogP contribution in [0.25, 0.3) is 5.69 Å². The predicted molar refractivity (Wildman–Crippen MR) is 119 cm³/mol. The highest BCUT2D eigenvalue weighted by atomic mass is 32.2. The summed E-state index contributed by atoms with van der Waals surface area (Å²) in [5.74, 6) is 0. The van der Waals surface area contributed by atoms with E-state index in [2.05, 4.69) is 17.0 Å². The molecule has 0 spiro atoms. The smallest absolute Gasteiger partial charge is 0.280 e. The molecule has 8 heteroatoms. The number of nitrogens with one attached hydrogen (secondary N) is 1. The maximum absolute atomic E-state index is 13.1. The van der Waals surface area contributed by atoms with Crippen molar-refractivity contribution in [3.63, 3.8) is 0 Å². The third-order valence-corrected chi connectivity index (χ3v) is 5.77. The number of benzene rings is 2. The third kappa shape index (κ3) is 4.95. The van der Waals surface area contributed by atoms with E-state index in [1.807, 2.05) is 37.3 Å². The Morgan fingerprint density at radius 1 is 1.07 bits per heavy atom. The second kappa shape index (κ2) is 9.23. The van der Waals surface area contributed by atoms with Gasteiger partial charge in [-0.1, -0.05) is 43.7 Å². The van der Waals surface area contributed by atoms with E-state index in [0.29, 0.717) is 24.2 Å². The van der Waals surface area contributed by atoms with Gasteiger partial charge in [-0.25, -0.2) is 18.2 Å². The molecule has 0 amide bonds. The van der Waals surface area contributed by atoms with Crippen LogP contribution in [0.15, 0.2) is 69.3 Å². The lowest BCUT2D eigenvalue weighted by atomic mass is 10.1. The average molecular weight is 427 g/mol. The molecule has 1 heterocycles. The maximum atomic E-state index is 13.1. The van der Waals surface area contributed by atoms with Crippen molar-refractivity contribution in [1.29, 1.82) is 0 Å². The molecule has 1 aromatic heterocycles. The van der Waals surface area contributed by atoms with E-state index in [1.165, 1.54) is 12.1 Å². The molecule has 0 saturated heterocycles. The van der Waals surface area contributed by atoms with Crippen LogP contribution in [0.4, 0.5) is 0 Å². The van der Waals surface area contributed by atoms with Gasteiger partial charge in [0.15, 0.2) is 0 Å². The lowest BCUT2D eigenvalue weighted by Crippen LogP contribution is -2.20. The number of nitrogens with two attached hydrogens (primary N) is 1. The van der Waals surface area contributed by atoms with Gasteiger partial charge >= 0.3 is 0 Å². The van der Waals surface area contributed by atoms with Crippen molar-refractivity contribution >= 4 is 15.7 Å². The van der Waals surface area contributed by atoms with Gasteiger partial charge in [-0.3, -0.25) is 14.9 Å². The topological polar surface area (TPSA) is 110 Å². The number of aliphatic imine (C=N–C) groups is 1. The first-order chi connectivity index (χ1) is 14.3. The van der Waals surface area contributed by atoms with Gasteiger partial charge in [0.25, 0.3) is 5.56 Å². The molecule has 2 aromatic carbocycles. The third-order valence-electron chi connectivity index (χ3n) is 4.84. The summed E-state index contributed by atoms with van der Waals surface area (Å²) >= 11 is 0. The van der Waals surface area contributed by atoms with E-state index in [9.17, 15) is 13.2 Å². The fraction of sp³-hybridized carbons (Fsp3) is 0.273. The minimum Gasteiger partial charge on any atom is -0.294 e. The quantitative estimate of drug-likeness (QED) is 0.540. The Balaban J connectivity index is 1.81. The molecule has 158 valence electrons. The fourth-order valence-corrected chi connectivity index (χ4v) is 3.84. The summed E-state index contributed by atoms with van der Waals surface area (Å²) in [6, 6.07) is 15.9. The number of para-hydroxylation sites is 1. The molecule has 0 aliphatic carbocycles. The first kappa shape index (κ1) is 21.7. The minimum absolute atomic E-state index is 0.0870. The van der Waals surface area contributed by atoms with Gasteiger partial charge in [0.1, 0.15) is 0 Å². The lowest BCUT2D eigenvalue weighted by molar-refractivity contribution is 0.598. The summed E-state index contributed by atoms with van der Waals surface area (Å²) < 4.78 is 24.3. The lowest BCUT2D eigenvalue weighted by Gasteiger charge is -2.03. The molecule has 3 N–H and O–H groups in total. The molecule has 0 atom stereocenters. The Labute approximate surface area is 176 Å². The zero-order valence-corrected chi connectivity index (χ0v) is 17.9. The number of hydrogen-bond acceptors (Lipinski definition) is 4. The number of nitrogens with zero attached hydrogens (tertiary/aromatic N) is 2. The van der Waals surface area contributed by atoms with E-state index in [4.69, 9.17) is 5.14 Å². The van der Waals surface area contributed by atoms with Crippen LogP contribution in [-0.4, -0.2) is 30.5 Å². The monoisotopic (exact) mass is 426 g/mol. The number of rotatable bonds is 8. The summed E-state index contributed by atoms with van der Waals surface area (Å²) in [4.78, 5) is 17.8. The van der Waals surface area contributed by atoms with Gasteiger partial charge in [-0.05, 0) is 49.6 Å². The normalized spacial score (nSPS) is 12.3. The molecule has 0 saturated carbocycles. The van der Waals surface area contributed by atoms with Crippen LogP contribution < -0.4 is 10.7 Å². The first-order valence-electron chi connectivity index (χ1n) is 9.83. The molecule has 0 aliphatic heterocycles. The standard InChI is InChI=1S/C22H26N4O3S/c1-3-7-20-21(22(27)26(25-20)18-8-5-4-6-9-18)16(2)24-15-14-17-10-12-19(13-11-17)30(23,28)29/h4-6,8-13,25H,3,7,14-15H2,1-2H3,(H2,23,28,29). The number of hydrogen-bond donors (Lipinski definition) is 2. The number of aromatic amines is 1. The number of H-pyrrole nitrogens is 1. The Morgan fingerprint density at radius 2 is 1.73 bits per heavy atom. The Hall–Kier alpha value is -2.97. The SMILES string of the molecule is CCCc1[nH]n(-c2ccccc2)c(=O)c1C(C)=NCCc1ccc(S(N)(=O)=O)cc1. The van der Waals surface area contributed by atoms with Crippen molar-refractivity contribution in [1.82, 2.24) is 9.78 Å². The number of primary sulfonamides is 1. The van der Waals surface area contributed by atoms with Crippen LogP contribution in [0.2, 0.25) is 0 Å². The Kier molecular flexibility index (Phi) is 6.69. The highest BCUT2D eigenvalue weighted by Crippen LogP contribution is 2.12. The summed E-state index contributed by atoms with van der Waals surface area (Å²) in [6.07, 6.45) is 2.29. The Bertz CT molecular complexity index is 1190. The zero-order valence-electron chi connectivity index (χ0n) is 17.1. The van der Waals surface area contributed by atoms with Crippen molar-refractivity contribution in [2.45, 2.75) is 38.0 Å². The van der Waals surface area contributed by atoms with Gasteiger partial charge < -0.3 is 0 Å². The molecule has 7 nitrogen and oxygen atoms in total. The fourth-order valence-electron chi connectivity index (χ4n) is 3.32. The van der Waals surface area contributed by atoms with Gasteiger partial charge in [0.2, 0.25) is 10.0 Å². The molecule has 0 bridgehead atoms. The van der Waals surface area contributed by atoms with Crippen LogP contribution in [0.1, 0.15) is 37.1 Å². The van der Waals surface area contributed by atoms with Gasteiger partial charge in [-0.2, -0.15) is 0 Å². The predicted octanol–water partition coefficient (Wildman–Crippen LogP) is 2.82. The second-order valence-corrected chi connectivity index (χ2v) is 8.66. The largest absolute Gasteiger partial charge is 0.294 e. The van der Waals surface area contributed by atoms with E-state index in [1.54, 1.807) is 16.8 Å². The van der Waals surface area contributed by atoms with Crippen LogP contribution in [0.5, 0.6) is 0 Å². The summed E-state index contributed by atoms with van der Waals surface area (Å²) in [7, 11) is -3.69. The first-order valence-corrected chi connectivity index (χ1v) is 11.4. The average Bonchev–Trinajstić information content (AvgIpc) is 3.04. The van der Waals surface area contributed by atoms with E-state index in [-0.39, 0.29) is 10.5 Å². The van der Waals surface area contributed by atoms with E-state index < -0.39 is 10.0 Å². The van der Waals surface area contributed by atoms with Gasteiger partial charge in [-0.15, -0.1) is 0 Å². The van der Waals surface area contributed by atoms with Crippen molar-refractivity contribution in [3.8, 4) is 5.69 Å². The van der Waals surface area contributed by atoms with Crippen molar-refractivity contribution < 1.29 is 8.42 Å². The molecule has 0 unspecified atom stereocenters. The molecular weight excluding hydrogens is 400 g/mol. The minimum atomic E-state index is -3.69. The van der Waals surface area contributed by atoms with E-state index >= 15 is 0 Å². The molecule has 3 aromatic rings. The zero-order chi connectivity index (χ0) is 21.7. The van der Waals surface area contributed by atoms with Crippen LogP contribution in [0.3, 0.4) is 0 Å². The summed E-state index contributed by atoms with van der Waals surface area (Å²) in [5.41, 5.74) is 3.81. The van der Waals surface area contributed by atoms with Crippen LogP contribution in [0, 0.1) is 0 Å². The molecule has 3 rings (SSSR count). The number of aromatic nitrogens is 2. The molecule has 0 aliphatic rings. The Morgan fingerprint density at radius 3 is 2.33 bits per heavy atom. The van der Waals surface area contributed by atoms with Crippen LogP contribution in [-0.2, 0) is 22.9 Å². The van der Waals surface area contributed by atoms with Crippen LogP contribution >= 0.6 is 0 Å². The molecule has 0 radical (unpaired) electrons.